The van der Waals surface area contributed by atoms with Crippen LogP contribution in [0.4, 0.5) is 0 Å². The van der Waals surface area contributed by atoms with Gasteiger partial charge in [0, 0.05) is 0 Å². The van der Waals surface area contributed by atoms with Gasteiger partial charge >= 0.3 is 0 Å². The van der Waals surface area contributed by atoms with Crippen molar-refractivity contribution in [1.82, 2.24) is 5.32 Å². The molecule has 0 amide bonds. The minimum absolute atomic E-state index is 1.02. The molecule has 76 valence electrons. The molecule has 1 nitrogen and oxygen atoms in total. The van der Waals surface area contributed by atoms with Crippen LogP contribution in [-0.4, -0.2) is 13.6 Å². The van der Waals surface area contributed by atoms with Crippen LogP contribution < -0.4 is 5.32 Å². The summed E-state index contributed by atoms with van der Waals surface area (Å²) >= 11 is 0. The van der Waals surface area contributed by atoms with E-state index in [2.05, 4.69) is 12.4 Å². The predicted molar refractivity (Wildman–Crippen MR) is 56.7 cm³/mol. The third kappa shape index (κ3) is 2.46. The fourth-order valence-electron chi connectivity index (χ4n) is 3.04. The summed E-state index contributed by atoms with van der Waals surface area (Å²) in [6.07, 6.45) is 10.6. The molecular formula is C12H23N. The Kier molecular flexibility index (Phi) is 3.26. The summed E-state index contributed by atoms with van der Waals surface area (Å²) in [5.41, 5.74) is 0. The molecule has 2 saturated carbocycles. The zero-order valence-corrected chi connectivity index (χ0v) is 8.89. The van der Waals surface area contributed by atoms with Crippen LogP contribution in [0.5, 0.6) is 0 Å². The Bertz CT molecular complexity index is 145. The molecule has 1 unspecified atom stereocenters. The van der Waals surface area contributed by atoms with Crippen molar-refractivity contribution in [3.63, 3.8) is 0 Å². The van der Waals surface area contributed by atoms with Gasteiger partial charge in [0.25, 0.3) is 0 Å². The second kappa shape index (κ2) is 4.45. The van der Waals surface area contributed by atoms with Crippen molar-refractivity contribution in [2.45, 2.75) is 44.9 Å². The highest BCUT2D eigenvalue weighted by molar-refractivity contribution is 4.87. The first-order valence-electron chi connectivity index (χ1n) is 6.06. The van der Waals surface area contributed by atoms with E-state index in [1.54, 1.807) is 0 Å². The smallest absolute Gasteiger partial charge is 0.00182 e. The van der Waals surface area contributed by atoms with Crippen LogP contribution >= 0.6 is 0 Å². The summed E-state index contributed by atoms with van der Waals surface area (Å²) in [5.74, 6) is 3.18. The van der Waals surface area contributed by atoms with Gasteiger partial charge in [-0.05, 0) is 44.2 Å². The van der Waals surface area contributed by atoms with Crippen molar-refractivity contribution in [3.8, 4) is 0 Å². The van der Waals surface area contributed by atoms with Gasteiger partial charge in [-0.15, -0.1) is 0 Å². The van der Waals surface area contributed by atoms with Gasteiger partial charge in [0.2, 0.25) is 0 Å². The van der Waals surface area contributed by atoms with Gasteiger partial charge in [-0.2, -0.15) is 0 Å². The molecule has 0 saturated heterocycles. The summed E-state index contributed by atoms with van der Waals surface area (Å²) in [5, 5.41) is 3.39. The van der Waals surface area contributed by atoms with Crippen molar-refractivity contribution < 1.29 is 0 Å². The normalized spacial score (nSPS) is 27.5. The molecule has 0 aromatic heterocycles. The number of rotatable bonds is 4. The van der Waals surface area contributed by atoms with E-state index < -0.39 is 0 Å². The van der Waals surface area contributed by atoms with E-state index in [0.717, 1.165) is 17.8 Å². The highest BCUT2D eigenvalue weighted by atomic mass is 14.8. The van der Waals surface area contributed by atoms with Crippen molar-refractivity contribution in [2.75, 3.05) is 13.6 Å². The topological polar surface area (TPSA) is 12.0 Å². The molecule has 0 heterocycles. The lowest BCUT2D eigenvalue weighted by atomic mass is 9.77. The van der Waals surface area contributed by atoms with Crippen LogP contribution in [0.1, 0.15) is 44.9 Å². The maximum Gasteiger partial charge on any atom is -0.00182 e. The number of hydrogen-bond acceptors (Lipinski definition) is 1. The van der Waals surface area contributed by atoms with Crippen LogP contribution in [0.15, 0.2) is 0 Å². The maximum atomic E-state index is 3.39. The number of nitrogens with one attached hydrogen (secondary N) is 1. The minimum atomic E-state index is 1.02. The largest absolute Gasteiger partial charge is 0.319 e. The average molecular weight is 181 g/mol. The molecular weight excluding hydrogens is 158 g/mol. The zero-order valence-electron chi connectivity index (χ0n) is 8.89. The van der Waals surface area contributed by atoms with Crippen molar-refractivity contribution in [2.24, 2.45) is 17.8 Å². The molecule has 2 fully saturated rings. The van der Waals surface area contributed by atoms with Gasteiger partial charge in [-0.1, -0.05) is 32.1 Å². The first-order valence-corrected chi connectivity index (χ1v) is 6.06. The quantitative estimate of drug-likeness (QED) is 0.703. The fourth-order valence-corrected chi connectivity index (χ4v) is 3.04. The van der Waals surface area contributed by atoms with E-state index in [1.165, 1.54) is 51.5 Å². The summed E-state index contributed by atoms with van der Waals surface area (Å²) in [6.45, 7) is 1.27. The first kappa shape index (κ1) is 9.51. The average Bonchev–Trinajstić information content (AvgIpc) is 2.99. The summed E-state index contributed by atoms with van der Waals surface area (Å²) in [7, 11) is 2.11. The van der Waals surface area contributed by atoms with Gasteiger partial charge in [0.1, 0.15) is 0 Å². The SMILES string of the molecule is CNCC(C1CCCCC1)C1CC1. The van der Waals surface area contributed by atoms with Crippen molar-refractivity contribution >= 4 is 0 Å². The zero-order chi connectivity index (χ0) is 9.10. The Morgan fingerprint density at radius 1 is 1.00 bits per heavy atom. The Morgan fingerprint density at radius 3 is 2.15 bits per heavy atom. The number of hydrogen-bond donors (Lipinski definition) is 1. The summed E-state index contributed by atoms with van der Waals surface area (Å²) in [4.78, 5) is 0. The second-order valence-corrected chi connectivity index (χ2v) is 4.96. The highest BCUT2D eigenvalue weighted by Gasteiger charge is 2.36. The molecule has 13 heavy (non-hydrogen) atoms. The predicted octanol–water partition coefficient (Wildman–Crippen LogP) is 2.81. The lowest BCUT2D eigenvalue weighted by molar-refractivity contribution is 0.221. The first-order chi connectivity index (χ1) is 6.42. The molecule has 1 N–H and O–H groups in total. The van der Waals surface area contributed by atoms with Crippen LogP contribution in [0, 0.1) is 17.8 Å². The molecule has 0 aliphatic heterocycles. The summed E-state index contributed by atoms with van der Waals surface area (Å²) < 4.78 is 0. The molecule has 2 aliphatic rings. The fraction of sp³-hybridized carbons (Fsp3) is 1.00. The van der Waals surface area contributed by atoms with Crippen LogP contribution in [0.3, 0.4) is 0 Å². The Balaban J connectivity index is 1.84. The molecule has 0 radical (unpaired) electrons. The van der Waals surface area contributed by atoms with Gasteiger partial charge in [0.05, 0.1) is 0 Å². The van der Waals surface area contributed by atoms with E-state index in [0.29, 0.717) is 0 Å². The Labute approximate surface area is 82.3 Å². The van der Waals surface area contributed by atoms with Crippen molar-refractivity contribution in [1.29, 1.82) is 0 Å². The van der Waals surface area contributed by atoms with E-state index in [4.69, 9.17) is 0 Å². The molecule has 1 atom stereocenters. The monoisotopic (exact) mass is 181 g/mol. The molecule has 0 aromatic rings. The molecule has 0 spiro atoms. The van der Waals surface area contributed by atoms with Gasteiger partial charge in [-0.25, -0.2) is 0 Å². The lowest BCUT2D eigenvalue weighted by Crippen LogP contribution is -2.29. The van der Waals surface area contributed by atoms with Crippen LogP contribution in [-0.2, 0) is 0 Å². The lowest BCUT2D eigenvalue weighted by Gasteiger charge is -2.30. The molecule has 0 aromatic carbocycles. The van der Waals surface area contributed by atoms with E-state index in [1.807, 2.05) is 0 Å². The van der Waals surface area contributed by atoms with E-state index in [-0.39, 0.29) is 0 Å². The maximum absolute atomic E-state index is 3.39. The Hall–Kier alpha value is -0.0400. The van der Waals surface area contributed by atoms with Gasteiger partial charge in [0.15, 0.2) is 0 Å². The summed E-state index contributed by atoms with van der Waals surface area (Å²) in [6, 6.07) is 0. The molecule has 1 heteroatoms. The van der Waals surface area contributed by atoms with E-state index in [9.17, 15) is 0 Å². The standard InChI is InChI=1S/C12H23N/c1-13-9-12(11-7-8-11)10-5-3-2-4-6-10/h10-13H,2-9H2,1H3. The van der Waals surface area contributed by atoms with Gasteiger partial charge < -0.3 is 5.32 Å². The van der Waals surface area contributed by atoms with Gasteiger partial charge in [-0.3, -0.25) is 0 Å². The second-order valence-electron chi connectivity index (χ2n) is 4.96. The third-order valence-electron chi connectivity index (χ3n) is 3.92. The van der Waals surface area contributed by atoms with Crippen LogP contribution in [0.2, 0.25) is 0 Å². The molecule has 2 aliphatic carbocycles. The third-order valence-corrected chi connectivity index (χ3v) is 3.92. The minimum Gasteiger partial charge on any atom is -0.319 e. The Morgan fingerprint density at radius 2 is 1.62 bits per heavy atom. The molecule has 2 rings (SSSR count). The van der Waals surface area contributed by atoms with Crippen LogP contribution in [0.25, 0.3) is 0 Å². The van der Waals surface area contributed by atoms with Crippen molar-refractivity contribution in [3.05, 3.63) is 0 Å². The molecule has 0 bridgehead atoms. The van der Waals surface area contributed by atoms with E-state index >= 15 is 0 Å². The highest BCUT2D eigenvalue weighted by Crippen LogP contribution is 2.44.